The van der Waals surface area contributed by atoms with E-state index in [1.165, 1.54) is 31.2 Å². The Morgan fingerprint density at radius 3 is 2.30 bits per heavy atom. The van der Waals surface area contributed by atoms with Gasteiger partial charge in [0.1, 0.15) is 5.60 Å². The fraction of sp³-hybridized carbons (Fsp3) is 0.667. The zero-order valence-corrected chi connectivity index (χ0v) is 13.2. The third-order valence-corrected chi connectivity index (χ3v) is 4.66. The lowest BCUT2D eigenvalue weighted by Gasteiger charge is -2.37. The molecule has 1 aliphatic rings. The Morgan fingerprint density at radius 1 is 1.15 bits per heavy atom. The van der Waals surface area contributed by atoms with E-state index >= 15 is 0 Å². The molecule has 20 heavy (non-hydrogen) atoms. The Morgan fingerprint density at radius 2 is 1.75 bits per heavy atom. The van der Waals surface area contributed by atoms with Crippen molar-refractivity contribution in [2.75, 3.05) is 13.1 Å². The predicted octanol–water partition coefficient (Wildman–Crippen LogP) is 3.72. The standard InChI is InChI=1S/C18H29NO/c1-4-6-12-19(13-7-5-2)17-14-15-10-8-9-11-16(15)18(17,3)20/h8-11,17,20H,4-7,12-14H2,1-3H3/t17-,18-/m0/s1. The Kier molecular flexibility index (Phi) is 5.22. The summed E-state index contributed by atoms with van der Waals surface area (Å²) in [5.74, 6) is 0. The molecular weight excluding hydrogens is 246 g/mol. The molecular formula is C18H29NO. The van der Waals surface area contributed by atoms with Crippen molar-refractivity contribution in [2.24, 2.45) is 0 Å². The second-order valence-electron chi connectivity index (χ2n) is 6.27. The van der Waals surface area contributed by atoms with E-state index in [1.54, 1.807) is 0 Å². The maximum atomic E-state index is 11.0. The van der Waals surface area contributed by atoms with Crippen LogP contribution in [0.3, 0.4) is 0 Å². The van der Waals surface area contributed by atoms with Crippen LogP contribution in [-0.2, 0) is 12.0 Å². The molecule has 1 aromatic carbocycles. The highest BCUT2D eigenvalue weighted by Crippen LogP contribution is 2.39. The van der Waals surface area contributed by atoms with Crippen LogP contribution in [0, 0.1) is 0 Å². The first-order chi connectivity index (χ1) is 9.61. The molecule has 2 heteroatoms. The monoisotopic (exact) mass is 275 g/mol. The van der Waals surface area contributed by atoms with Gasteiger partial charge in [-0.1, -0.05) is 51.0 Å². The molecule has 1 aromatic rings. The lowest BCUT2D eigenvalue weighted by molar-refractivity contribution is -0.0276. The van der Waals surface area contributed by atoms with Crippen LogP contribution in [-0.4, -0.2) is 29.1 Å². The fourth-order valence-electron chi connectivity index (χ4n) is 3.41. The molecule has 0 radical (unpaired) electrons. The van der Waals surface area contributed by atoms with E-state index in [2.05, 4.69) is 36.9 Å². The molecule has 2 rings (SSSR count). The molecule has 0 aromatic heterocycles. The first-order valence-electron chi connectivity index (χ1n) is 8.16. The van der Waals surface area contributed by atoms with E-state index in [9.17, 15) is 5.11 Å². The third kappa shape index (κ3) is 3.07. The summed E-state index contributed by atoms with van der Waals surface area (Å²) in [6.07, 6.45) is 5.84. The number of hydrogen-bond donors (Lipinski definition) is 1. The van der Waals surface area contributed by atoms with E-state index < -0.39 is 5.60 Å². The summed E-state index contributed by atoms with van der Waals surface area (Å²) in [5.41, 5.74) is 1.74. The maximum absolute atomic E-state index is 11.0. The van der Waals surface area contributed by atoms with Crippen molar-refractivity contribution in [3.63, 3.8) is 0 Å². The third-order valence-electron chi connectivity index (χ3n) is 4.66. The highest BCUT2D eigenvalue weighted by Gasteiger charge is 2.43. The van der Waals surface area contributed by atoms with Crippen molar-refractivity contribution >= 4 is 0 Å². The number of benzene rings is 1. The van der Waals surface area contributed by atoms with E-state index in [0.29, 0.717) is 0 Å². The van der Waals surface area contributed by atoms with E-state index in [4.69, 9.17) is 0 Å². The molecule has 1 N–H and O–H groups in total. The average Bonchev–Trinajstić information content (AvgIpc) is 2.72. The molecule has 0 saturated heterocycles. The second-order valence-corrected chi connectivity index (χ2v) is 6.27. The topological polar surface area (TPSA) is 23.5 Å². The van der Waals surface area contributed by atoms with Gasteiger partial charge in [0.05, 0.1) is 0 Å². The van der Waals surface area contributed by atoms with E-state index in [-0.39, 0.29) is 6.04 Å². The molecule has 0 fully saturated rings. The summed E-state index contributed by atoms with van der Waals surface area (Å²) in [6, 6.07) is 8.62. The molecule has 0 heterocycles. The van der Waals surface area contributed by atoms with Gasteiger partial charge in [0, 0.05) is 6.04 Å². The summed E-state index contributed by atoms with van der Waals surface area (Å²) in [4.78, 5) is 2.52. The highest BCUT2D eigenvalue weighted by molar-refractivity contribution is 5.39. The van der Waals surface area contributed by atoms with Crippen LogP contribution in [0.15, 0.2) is 24.3 Å². The smallest absolute Gasteiger partial charge is 0.103 e. The lowest BCUT2D eigenvalue weighted by Crippen LogP contribution is -2.47. The normalized spacial score (nSPS) is 25.1. The van der Waals surface area contributed by atoms with E-state index in [1.807, 2.05) is 13.0 Å². The van der Waals surface area contributed by atoms with Crippen LogP contribution in [0.1, 0.15) is 57.6 Å². The number of fused-ring (bicyclic) bond motifs is 1. The number of nitrogens with zero attached hydrogens (tertiary/aromatic N) is 1. The van der Waals surface area contributed by atoms with Gasteiger partial charge >= 0.3 is 0 Å². The van der Waals surface area contributed by atoms with Gasteiger partial charge in [-0.25, -0.2) is 0 Å². The molecule has 0 aliphatic heterocycles. The van der Waals surface area contributed by atoms with Crippen LogP contribution in [0.4, 0.5) is 0 Å². The summed E-state index contributed by atoms with van der Waals surface area (Å²) in [7, 11) is 0. The van der Waals surface area contributed by atoms with Crippen LogP contribution >= 0.6 is 0 Å². The Labute approximate surface area is 123 Å². The van der Waals surface area contributed by atoms with Crippen LogP contribution in [0.2, 0.25) is 0 Å². The molecule has 1 aliphatic carbocycles. The Balaban J connectivity index is 2.17. The number of hydrogen-bond acceptors (Lipinski definition) is 2. The summed E-state index contributed by atoms with van der Waals surface area (Å²) in [5, 5.41) is 11.0. The summed E-state index contributed by atoms with van der Waals surface area (Å²) < 4.78 is 0. The van der Waals surface area contributed by atoms with Gasteiger partial charge in [-0.05, 0) is 50.4 Å². The van der Waals surface area contributed by atoms with Crippen molar-refractivity contribution in [3.05, 3.63) is 35.4 Å². The van der Waals surface area contributed by atoms with Gasteiger partial charge < -0.3 is 5.11 Å². The number of unbranched alkanes of at least 4 members (excludes halogenated alkanes) is 2. The van der Waals surface area contributed by atoms with Gasteiger partial charge in [0.25, 0.3) is 0 Å². The van der Waals surface area contributed by atoms with Gasteiger partial charge in [-0.2, -0.15) is 0 Å². The summed E-state index contributed by atoms with van der Waals surface area (Å²) in [6.45, 7) is 8.67. The Bertz CT molecular complexity index is 419. The molecule has 0 bridgehead atoms. The van der Waals surface area contributed by atoms with Crippen LogP contribution < -0.4 is 0 Å². The number of aliphatic hydroxyl groups is 1. The predicted molar refractivity (Wildman–Crippen MR) is 84.9 cm³/mol. The summed E-state index contributed by atoms with van der Waals surface area (Å²) >= 11 is 0. The van der Waals surface area contributed by atoms with Gasteiger partial charge in [-0.3, -0.25) is 4.90 Å². The highest BCUT2D eigenvalue weighted by atomic mass is 16.3. The minimum Gasteiger partial charge on any atom is -0.384 e. The fourth-order valence-corrected chi connectivity index (χ4v) is 3.41. The van der Waals surface area contributed by atoms with Gasteiger partial charge in [-0.15, -0.1) is 0 Å². The minimum absolute atomic E-state index is 0.234. The first kappa shape index (κ1) is 15.5. The quantitative estimate of drug-likeness (QED) is 0.820. The van der Waals surface area contributed by atoms with Crippen molar-refractivity contribution in [1.82, 2.24) is 4.90 Å². The van der Waals surface area contributed by atoms with Crippen LogP contribution in [0.25, 0.3) is 0 Å². The minimum atomic E-state index is -0.710. The maximum Gasteiger partial charge on any atom is 0.103 e. The molecule has 0 amide bonds. The van der Waals surface area contributed by atoms with Gasteiger partial charge in [0.2, 0.25) is 0 Å². The molecule has 0 unspecified atom stereocenters. The van der Waals surface area contributed by atoms with Crippen molar-refractivity contribution < 1.29 is 5.11 Å². The van der Waals surface area contributed by atoms with Crippen LogP contribution in [0.5, 0.6) is 0 Å². The van der Waals surface area contributed by atoms with Gasteiger partial charge in [0.15, 0.2) is 0 Å². The average molecular weight is 275 g/mol. The molecule has 2 nitrogen and oxygen atoms in total. The van der Waals surface area contributed by atoms with E-state index in [0.717, 1.165) is 25.1 Å². The Hall–Kier alpha value is -0.860. The van der Waals surface area contributed by atoms with Crippen molar-refractivity contribution in [3.8, 4) is 0 Å². The molecule has 2 atom stereocenters. The molecule has 0 saturated carbocycles. The van der Waals surface area contributed by atoms with Crippen molar-refractivity contribution in [1.29, 1.82) is 0 Å². The largest absolute Gasteiger partial charge is 0.384 e. The second kappa shape index (κ2) is 6.73. The zero-order chi connectivity index (χ0) is 14.6. The first-order valence-corrected chi connectivity index (χ1v) is 8.16. The molecule has 0 spiro atoms. The van der Waals surface area contributed by atoms with Crippen molar-refractivity contribution in [2.45, 2.75) is 64.5 Å². The zero-order valence-electron chi connectivity index (χ0n) is 13.2. The SMILES string of the molecule is CCCCN(CCCC)[C@H]1Cc2ccccc2[C@]1(C)O. The molecule has 112 valence electrons. The number of rotatable bonds is 7. The lowest BCUT2D eigenvalue weighted by atomic mass is 9.93.